The largest absolute Gasteiger partial charge is 0.314 e. The molecular formula is C13H24N4. The molecule has 0 amide bonds. The predicted octanol–water partition coefficient (Wildman–Crippen LogP) is 1.38. The number of aryl methyl sites for hydroxylation is 1. The molecule has 0 unspecified atom stereocenters. The third-order valence-electron chi connectivity index (χ3n) is 3.43. The van der Waals surface area contributed by atoms with Gasteiger partial charge in [0.2, 0.25) is 0 Å². The van der Waals surface area contributed by atoms with Gasteiger partial charge in [-0.25, -0.2) is 0 Å². The van der Waals surface area contributed by atoms with E-state index < -0.39 is 0 Å². The van der Waals surface area contributed by atoms with E-state index in [1.807, 2.05) is 17.9 Å². The van der Waals surface area contributed by atoms with Gasteiger partial charge in [-0.05, 0) is 31.9 Å². The molecule has 1 N–H and O–H groups in total. The average Bonchev–Trinajstić information content (AvgIpc) is 2.74. The number of likely N-dealkylation sites (tertiary alicyclic amines) is 1. The van der Waals surface area contributed by atoms with Crippen molar-refractivity contribution in [2.45, 2.75) is 38.8 Å². The van der Waals surface area contributed by atoms with Crippen LogP contribution >= 0.6 is 0 Å². The zero-order chi connectivity index (χ0) is 12.1. The van der Waals surface area contributed by atoms with Crippen molar-refractivity contribution in [1.82, 2.24) is 20.0 Å². The SMILES string of the molecule is CCCNC1CCN(Cc2ccn(C)n2)CC1. The van der Waals surface area contributed by atoms with Crippen LogP contribution in [0.5, 0.6) is 0 Å². The summed E-state index contributed by atoms with van der Waals surface area (Å²) >= 11 is 0. The normalized spacial score (nSPS) is 18.7. The van der Waals surface area contributed by atoms with Gasteiger partial charge in [0.05, 0.1) is 5.69 Å². The van der Waals surface area contributed by atoms with Crippen LogP contribution in [0.2, 0.25) is 0 Å². The highest BCUT2D eigenvalue weighted by molar-refractivity contribution is 4.98. The molecular weight excluding hydrogens is 212 g/mol. The molecule has 96 valence electrons. The van der Waals surface area contributed by atoms with Gasteiger partial charge in [-0.2, -0.15) is 5.10 Å². The second-order valence-corrected chi connectivity index (χ2v) is 4.99. The quantitative estimate of drug-likeness (QED) is 0.838. The van der Waals surface area contributed by atoms with E-state index in [1.54, 1.807) is 0 Å². The van der Waals surface area contributed by atoms with Crippen molar-refractivity contribution in [3.63, 3.8) is 0 Å². The lowest BCUT2D eigenvalue weighted by molar-refractivity contribution is 0.189. The minimum absolute atomic E-state index is 0.731. The molecule has 17 heavy (non-hydrogen) atoms. The fraction of sp³-hybridized carbons (Fsp3) is 0.769. The number of aromatic nitrogens is 2. The third-order valence-corrected chi connectivity index (χ3v) is 3.43. The van der Waals surface area contributed by atoms with Gasteiger partial charge in [0.15, 0.2) is 0 Å². The Bertz CT molecular complexity index is 326. The van der Waals surface area contributed by atoms with Crippen LogP contribution in [0.15, 0.2) is 12.3 Å². The lowest BCUT2D eigenvalue weighted by Crippen LogP contribution is -2.42. The molecule has 1 aliphatic heterocycles. The maximum absolute atomic E-state index is 4.43. The molecule has 1 fully saturated rings. The van der Waals surface area contributed by atoms with Gasteiger partial charge >= 0.3 is 0 Å². The van der Waals surface area contributed by atoms with E-state index in [0.717, 1.165) is 19.1 Å². The molecule has 1 aromatic heterocycles. The molecule has 0 atom stereocenters. The predicted molar refractivity (Wildman–Crippen MR) is 69.8 cm³/mol. The molecule has 1 aromatic rings. The van der Waals surface area contributed by atoms with Crippen LogP contribution in [-0.2, 0) is 13.6 Å². The standard InChI is InChI=1S/C13H24N4/c1-3-7-14-12-5-9-17(10-6-12)11-13-4-8-16(2)15-13/h4,8,12,14H,3,5-7,9-11H2,1-2H3. The number of hydrogen-bond donors (Lipinski definition) is 1. The van der Waals surface area contributed by atoms with E-state index in [9.17, 15) is 0 Å². The van der Waals surface area contributed by atoms with E-state index in [1.165, 1.54) is 38.0 Å². The Hall–Kier alpha value is -0.870. The summed E-state index contributed by atoms with van der Waals surface area (Å²) in [5, 5.41) is 8.05. The van der Waals surface area contributed by atoms with Gasteiger partial charge in [-0.1, -0.05) is 6.92 Å². The molecule has 2 rings (SSSR count). The van der Waals surface area contributed by atoms with Crippen LogP contribution in [0.4, 0.5) is 0 Å². The molecule has 0 bridgehead atoms. The first-order valence-electron chi connectivity index (χ1n) is 6.72. The summed E-state index contributed by atoms with van der Waals surface area (Å²) in [6.07, 6.45) is 5.79. The van der Waals surface area contributed by atoms with E-state index in [2.05, 4.69) is 28.3 Å². The minimum Gasteiger partial charge on any atom is -0.314 e. The Balaban J connectivity index is 1.72. The topological polar surface area (TPSA) is 33.1 Å². The van der Waals surface area contributed by atoms with E-state index in [-0.39, 0.29) is 0 Å². The summed E-state index contributed by atoms with van der Waals surface area (Å²) in [7, 11) is 1.98. The zero-order valence-electron chi connectivity index (χ0n) is 11.0. The second kappa shape index (κ2) is 6.17. The van der Waals surface area contributed by atoms with Crippen LogP contribution in [0, 0.1) is 0 Å². The van der Waals surface area contributed by atoms with E-state index in [4.69, 9.17) is 0 Å². The minimum atomic E-state index is 0.731. The van der Waals surface area contributed by atoms with Crippen LogP contribution in [-0.4, -0.2) is 40.4 Å². The van der Waals surface area contributed by atoms with Crippen molar-refractivity contribution in [2.24, 2.45) is 7.05 Å². The van der Waals surface area contributed by atoms with Crippen molar-refractivity contribution in [3.05, 3.63) is 18.0 Å². The van der Waals surface area contributed by atoms with Crippen LogP contribution in [0.3, 0.4) is 0 Å². The number of nitrogens with zero attached hydrogens (tertiary/aromatic N) is 3. The molecule has 0 spiro atoms. The lowest BCUT2D eigenvalue weighted by atomic mass is 10.0. The Morgan fingerprint density at radius 2 is 2.18 bits per heavy atom. The molecule has 0 aliphatic carbocycles. The van der Waals surface area contributed by atoms with Crippen LogP contribution < -0.4 is 5.32 Å². The number of hydrogen-bond acceptors (Lipinski definition) is 3. The first-order valence-corrected chi connectivity index (χ1v) is 6.72. The monoisotopic (exact) mass is 236 g/mol. The first kappa shape index (κ1) is 12.6. The number of rotatable bonds is 5. The highest BCUT2D eigenvalue weighted by Crippen LogP contribution is 2.12. The zero-order valence-corrected chi connectivity index (χ0v) is 11.0. The number of piperidine rings is 1. The highest BCUT2D eigenvalue weighted by Gasteiger charge is 2.18. The molecule has 0 aromatic carbocycles. The van der Waals surface area contributed by atoms with Crippen molar-refractivity contribution >= 4 is 0 Å². The van der Waals surface area contributed by atoms with Gasteiger partial charge in [0, 0.05) is 38.9 Å². The lowest BCUT2D eigenvalue weighted by Gasteiger charge is -2.31. The highest BCUT2D eigenvalue weighted by atomic mass is 15.3. The molecule has 1 saturated heterocycles. The summed E-state index contributed by atoms with van der Waals surface area (Å²) < 4.78 is 1.88. The van der Waals surface area contributed by atoms with Gasteiger partial charge in [0.25, 0.3) is 0 Å². The molecule has 0 saturated carbocycles. The third kappa shape index (κ3) is 3.82. The van der Waals surface area contributed by atoms with Gasteiger partial charge in [-0.3, -0.25) is 9.58 Å². The average molecular weight is 236 g/mol. The molecule has 4 heteroatoms. The smallest absolute Gasteiger partial charge is 0.0764 e. The van der Waals surface area contributed by atoms with Crippen molar-refractivity contribution in [1.29, 1.82) is 0 Å². The van der Waals surface area contributed by atoms with Gasteiger partial charge in [-0.15, -0.1) is 0 Å². The Kier molecular flexibility index (Phi) is 4.57. The van der Waals surface area contributed by atoms with Crippen molar-refractivity contribution in [3.8, 4) is 0 Å². The Morgan fingerprint density at radius 3 is 2.76 bits per heavy atom. The van der Waals surface area contributed by atoms with E-state index >= 15 is 0 Å². The second-order valence-electron chi connectivity index (χ2n) is 4.99. The number of nitrogens with one attached hydrogen (secondary N) is 1. The summed E-state index contributed by atoms with van der Waals surface area (Å²) in [4.78, 5) is 2.51. The molecule has 0 radical (unpaired) electrons. The maximum Gasteiger partial charge on any atom is 0.0764 e. The van der Waals surface area contributed by atoms with Crippen LogP contribution in [0.25, 0.3) is 0 Å². The molecule has 2 heterocycles. The van der Waals surface area contributed by atoms with Gasteiger partial charge < -0.3 is 5.32 Å². The first-order chi connectivity index (χ1) is 8.28. The van der Waals surface area contributed by atoms with Crippen LogP contribution in [0.1, 0.15) is 31.9 Å². The molecule has 4 nitrogen and oxygen atoms in total. The van der Waals surface area contributed by atoms with E-state index in [0.29, 0.717) is 0 Å². The molecule has 1 aliphatic rings. The maximum atomic E-state index is 4.43. The Labute approximate surface area is 104 Å². The van der Waals surface area contributed by atoms with Gasteiger partial charge in [0.1, 0.15) is 0 Å². The summed E-state index contributed by atoms with van der Waals surface area (Å²) in [6, 6.07) is 2.84. The van der Waals surface area contributed by atoms with Crippen molar-refractivity contribution in [2.75, 3.05) is 19.6 Å². The summed E-state index contributed by atoms with van der Waals surface area (Å²) in [5.74, 6) is 0. The summed E-state index contributed by atoms with van der Waals surface area (Å²) in [6.45, 7) is 6.77. The van der Waals surface area contributed by atoms with Crippen molar-refractivity contribution < 1.29 is 0 Å². The fourth-order valence-electron chi connectivity index (χ4n) is 2.42. The fourth-order valence-corrected chi connectivity index (χ4v) is 2.42. The Morgan fingerprint density at radius 1 is 1.41 bits per heavy atom. The summed E-state index contributed by atoms with van der Waals surface area (Å²) in [5.41, 5.74) is 1.19.